The van der Waals surface area contributed by atoms with Gasteiger partial charge in [-0.3, -0.25) is 9.56 Å². The average Bonchev–Trinajstić information content (AvgIpc) is 3.52. The van der Waals surface area contributed by atoms with Crippen LogP contribution in [0.4, 0.5) is 5.69 Å². The molecule has 5 nitrogen and oxygen atoms in total. The number of anilines is 1. The summed E-state index contributed by atoms with van der Waals surface area (Å²) in [5, 5.41) is 3.36. The highest BCUT2D eigenvalue weighted by molar-refractivity contribution is 7.16. The maximum absolute atomic E-state index is 4.57. The number of nitrogens with one attached hydrogen (secondary N) is 1. The van der Waals surface area contributed by atoms with Crippen molar-refractivity contribution < 1.29 is 0 Å². The number of rotatable bonds is 7. The van der Waals surface area contributed by atoms with Crippen LogP contribution in [0.25, 0.3) is 27.7 Å². The highest BCUT2D eigenvalue weighted by atomic mass is 32.1. The summed E-state index contributed by atoms with van der Waals surface area (Å²) >= 11 is 1.62. The third kappa shape index (κ3) is 9.10. The SMILES string of the molecule is C=C(Nc1ccc2ncsc2c1)c1ncc(/C(C=NC)=C/C)n1/C=C\C.CC.CC.CCCC. The number of allylic oxidation sites excluding steroid dienone is 3. The molecule has 0 atom stereocenters. The number of imidazole rings is 1. The van der Waals surface area contributed by atoms with E-state index >= 15 is 0 Å². The van der Waals surface area contributed by atoms with E-state index in [4.69, 9.17) is 0 Å². The van der Waals surface area contributed by atoms with Crippen molar-refractivity contribution in [1.82, 2.24) is 14.5 Å². The summed E-state index contributed by atoms with van der Waals surface area (Å²) in [6.07, 6.45) is 12.3. The Morgan fingerprint density at radius 2 is 1.79 bits per heavy atom. The van der Waals surface area contributed by atoms with Crippen LogP contribution in [0.1, 0.15) is 79.7 Å². The van der Waals surface area contributed by atoms with Crippen LogP contribution in [-0.4, -0.2) is 27.8 Å². The van der Waals surface area contributed by atoms with E-state index < -0.39 is 0 Å². The molecule has 1 aromatic carbocycles. The van der Waals surface area contributed by atoms with Crippen LogP contribution in [0.3, 0.4) is 0 Å². The van der Waals surface area contributed by atoms with Crippen LogP contribution in [0.2, 0.25) is 0 Å². The molecule has 0 aliphatic rings. The van der Waals surface area contributed by atoms with Crippen LogP contribution in [0, 0.1) is 0 Å². The summed E-state index contributed by atoms with van der Waals surface area (Å²) in [5.74, 6) is 0.756. The maximum Gasteiger partial charge on any atom is 0.160 e. The Kier molecular flexibility index (Phi) is 16.8. The van der Waals surface area contributed by atoms with Crippen LogP contribution in [0.5, 0.6) is 0 Å². The topological polar surface area (TPSA) is 55.1 Å². The van der Waals surface area contributed by atoms with E-state index in [-0.39, 0.29) is 0 Å². The summed E-state index contributed by atoms with van der Waals surface area (Å²) in [4.78, 5) is 13.0. The second-order valence-corrected chi connectivity index (χ2v) is 7.48. The molecule has 0 amide bonds. The smallest absolute Gasteiger partial charge is 0.160 e. The molecule has 0 bridgehead atoms. The number of fused-ring (bicyclic) bond motifs is 1. The molecule has 0 fully saturated rings. The zero-order valence-electron chi connectivity index (χ0n) is 22.5. The van der Waals surface area contributed by atoms with Crippen LogP contribution >= 0.6 is 11.3 Å². The third-order valence-corrected chi connectivity index (χ3v) is 5.16. The molecular weight excluding hydrogens is 438 g/mol. The van der Waals surface area contributed by atoms with Gasteiger partial charge in [0.1, 0.15) is 0 Å². The fourth-order valence-corrected chi connectivity index (χ4v) is 3.40. The lowest BCUT2D eigenvalue weighted by Gasteiger charge is -2.12. The predicted molar refractivity (Wildman–Crippen MR) is 157 cm³/mol. The van der Waals surface area contributed by atoms with Gasteiger partial charge in [0.2, 0.25) is 0 Å². The highest BCUT2D eigenvalue weighted by Gasteiger charge is 2.13. The zero-order valence-corrected chi connectivity index (χ0v) is 23.3. The molecule has 34 heavy (non-hydrogen) atoms. The van der Waals surface area contributed by atoms with Crippen molar-refractivity contribution in [3.8, 4) is 0 Å². The lowest BCUT2D eigenvalue weighted by Crippen LogP contribution is -2.05. The number of thiazole rings is 1. The van der Waals surface area contributed by atoms with Crippen LogP contribution < -0.4 is 5.32 Å². The van der Waals surface area contributed by atoms with Crippen LogP contribution in [0.15, 0.2) is 53.6 Å². The van der Waals surface area contributed by atoms with E-state index in [9.17, 15) is 0 Å². The van der Waals surface area contributed by atoms with Crippen LogP contribution in [-0.2, 0) is 0 Å². The lowest BCUT2D eigenvalue weighted by atomic mass is 10.2. The number of hydrogen-bond donors (Lipinski definition) is 1. The van der Waals surface area contributed by atoms with Crippen molar-refractivity contribution in [2.45, 2.75) is 68.2 Å². The second kappa shape index (κ2) is 18.4. The largest absolute Gasteiger partial charge is 0.353 e. The Hall–Kier alpha value is -2.99. The van der Waals surface area contributed by atoms with Crippen molar-refractivity contribution in [3.05, 3.63) is 60.2 Å². The fourth-order valence-electron chi connectivity index (χ4n) is 2.69. The first-order chi connectivity index (χ1) is 16.6. The average molecular weight is 482 g/mol. The van der Waals surface area contributed by atoms with E-state index in [1.807, 2.05) is 94.5 Å². The first-order valence-corrected chi connectivity index (χ1v) is 13.1. The minimum Gasteiger partial charge on any atom is -0.353 e. The summed E-state index contributed by atoms with van der Waals surface area (Å²) < 4.78 is 3.15. The molecule has 0 aliphatic heterocycles. The molecule has 0 saturated heterocycles. The van der Waals surface area contributed by atoms with Gasteiger partial charge in [0, 0.05) is 30.7 Å². The molecule has 6 heteroatoms. The van der Waals surface area contributed by atoms with E-state index in [0.29, 0.717) is 0 Å². The number of benzene rings is 1. The molecule has 0 radical (unpaired) electrons. The number of nitrogens with zero attached hydrogens (tertiary/aromatic N) is 4. The summed E-state index contributed by atoms with van der Waals surface area (Å²) in [7, 11) is 1.76. The van der Waals surface area contributed by atoms with Gasteiger partial charge in [-0.1, -0.05) is 73.1 Å². The van der Waals surface area contributed by atoms with Gasteiger partial charge in [0.15, 0.2) is 5.82 Å². The first-order valence-electron chi connectivity index (χ1n) is 12.2. The monoisotopic (exact) mass is 481 g/mol. The number of aromatic nitrogens is 3. The highest BCUT2D eigenvalue weighted by Crippen LogP contribution is 2.25. The molecule has 3 aromatic rings. The van der Waals surface area contributed by atoms with Crippen molar-refractivity contribution in [2.75, 3.05) is 12.4 Å². The minimum atomic E-state index is 0.724. The number of hydrogen-bond acceptors (Lipinski definition) is 5. The molecule has 1 N–H and O–H groups in total. The molecule has 0 saturated carbocycles. The van der Waals surface area contributed by atoms with Gasteiger partial charge in [0.05, 0.1) is 33.3 Å². The van der Waals surface area contributed by atoms with E-state index in [1.165, 1.54) is 12.8 Å². The summed E-state index contributed by atoms with van der Waals surface area (Å²) in [6, 6.07) is 6.07. The van der Waals surface area contributed by atoms with Crippen molar-refractivity contribution in [3.63, 3.8) is 0 Å². The fraction of sp³-hybridized carbons (Fsp3) is 0.393. The molecule has 3 rings (SSSR count). The first kappa shape index (κ1) is 31.0. The molecule has 0 aliphatic carbocycles. The van der Waals surface area contributed by atoms with Gasteiger partial charge in [-0.25, -0.2) is 9.97 Å². The predicted octanol–water partition coefficient (Wildman–Crippen LogP) is 9.03. The summed E-state index contributed by atoms with van der Waals surface area (Å²) in [6.45, 7) is 20.5. The van der Waals surface area contributed by atoms with Gasteiger partial charge in [-0.15, -0.1) is 11.3 Å². The Balaban J connectivity index is 0.00000121. The van der Waals surface area contributed by atoms with Crippen molar-refractivity contribution in [2.24, 2.45) is 4.99 Å². The van der Waals surface area contributed by atoms with Gasteiger partial charge in [0.25, 0.3) is 0 Å². The third-order valence-electron chi connectivity index (χ3n) is 4.37. The van der Waals surface area contributed by atoms with Crippen molar-refractivity contribution >= 4 is 50.9 Å². The van der Waals surface area contributed by atoms with E-state index in [0.717, 1.165) is 38.7 Å². The number of unbranched alkanes of at least 4 members (excludes halogenated alkanes) is 1. The minimum absolute atomic E-state index is 0.724. The molecule has 186 valence electrons. The lowest BCUT2D eigenvalue weighted by molar-refractivity contribution is 0.886. The quantitative estimate of drug-likeness (QED) is 0.342. The summed E-state index contributed by atoms with van der Waals surface area (Å²) in [5.41, 5.74) is 6.50. The maximum atomic E-state index is 4.57. The molecular formula is C28H43N5S. The Bertz CT molecular complexity index is 1050. The van der Waals surface area contributed by atoms with Gasteiger partial charge >= 0.3 is 0 Å². The Morgan fingerprint density at radius 1 is 1.12 bits per heavy atom. The Morgan fingerprint density at radius 3 is 2.35 bits per heavy atom. The molecule has 2 aromatic heterocycles. The Labute approximate surface area is 211 Å². The molecule has 2 heterocycles. The zero-order chi connectivity index (χ0) is 25.9. The molecule has 0 unspecified atom stereocenters. The molecule has 0 spiro atoms. The normalized spacial score (nSPS) is 10.8. The van der Waals surface area contributed by atoms with E-state index in [2.05, 4.69) is 46.8 Å². The van der Waals surface area contributed by atoms with E-state index in [1.54, 1.807) is 18.4 Å². The van der Waals surface area contributed by atoms with Gasteiger partial charge < -0.3 is 5.32 Å². The number of aliphatic imine (C=N–C) groups is 1. The second-order valence-electron chi connectivity index (χ2n) is 6.59. The van der Waals surface area contributed by atoms with Gasteiger partial charge in [-0.2, -0.15) is 0 Å². The van der Waals surface area contributed by atoms with Gasteiger partial charge in [-0.05, 0) is 32.0 Å². The standard InChI is InChI=1S/C20H21N5S.C4H10.2C2H6/c1-5-9-25-18(15(6-2)11-21-4)12-22-20(25)14(3)24-16-7-8-17-19(10-16)26-13-23-17;1-3-4-2;2*1-2/h5-13,24H,3H2,1-2,4H3;3-4H2,1-2H3;2*1-2H3/b9-5-,15-6+,21-11?;;;. The van der Waals surface area contributed by atoms with Crippen molar-refractivity contribution in [1.29, 1.82) is 0 Å².